The van der Waals surface area contributed by atoms with Crippen LogP contribution in [0.3, 0.4) is 0 Å². The van der Waals surface area contributed by atoms with Crippen molar-refractivity contribution in [2.75, 3.05) is 5.32 Å². The summed E-state index contributed by atoms with van der Waals surface area (Å²) >= 11 is 1.69. The lowest BCUT2D eigenvalue weighted by Gasteiger charge is -2.28. The predicted octanol–water partition coefficient (Wildman–Crippen LogP) is 4.24. The summed E-state index contributed by atoms with van der Waals surface area (Å²) in [6.45, 7) is 3.34. The Morgan fingerprint density at radius 3 is 2.30 bits per heavy atom. The summed E-state index contributed by atoms with van der Waals surface area (Å²) in [5.41, 5.74) is 1.93. The molecule has 1 amide bonds. The molecular formula is C20H26N2O3S2. The zero-order valence-corrected chi connectivity index (χ0v) is 17.3. The summed E-state index contributed by atoms with van der Waals surface area (Å²) in [5.74, 6) is -0.0502. The maximum atomic E-state index is 12.5. The van der Waals surface area contributed by atoms with Crippen LogP contribution < -0.4 is 10.0 Å². The molecule has 0 aliphatic heterocycles. The fourth-order valence-corrected chi connectivity index (χ4v) is 4.95. The number of benzene rings is 1. The Morgan fingerprint density at radius 2 is 1.74 bits per heavy atom. The molecule has 5 nitrogen and oxygen atoms in total. The summed E-state index contributed by atoms with van der Waals surface area (Å²) < 4.78 is 26.7. The van der Waals surface area contributed by atoms with Crippen molar-refractivity contribution in [3.63, 3.8) is 0 Å². The van der Waals surface area contributed by atoms with E-state index >= 15 is 0 Å². The first kappa shape index (κ1) is 20.0. The molecule has 0 atom stereocenters. The Labute approximate surface area is 165 Å². The highest BCUT2D eigenvalue weighted by molar-refractivity contribution is 7.90. The van der Waals surface area contributed by atoms with Gasteiger partial charge in [0, 0.05) is 22.5 Å². The lowest BCUT2D eigenvalue weighted by atomic mass is 9.86. The van der Waals surface area contributed by atoms with Gasteiger partial charge in [0.2, 0.25) is 15.9 Å². The fraction of sp³-hybridized carbons (Fsp3) is 0.450. The van der Waals surface area contributed by atoms with Crippen LogP contribution in [0, 0.1) is 5.92 Å². The molecule has 146 valence electrons. The van der Waals surface area contributed by atoms with Crippen molar-refractivity contribution >= 4 is 33.0 Å². The van der Waals surface area contributed by atoms with E-state index in [1.165, 1.54) is 4.88 Å². The molecule has 1 aromatic carbocycles. The number of nitrogens with one attached hydrogen (secondary N) is 2. The molecule has 0 bridgehead atoms. The first-order chi connectivity index (χ1) is 12.8. The molecule has 2 aromatic rings. The largest absolute Gasteiger partial charge is 0.326 e. The minimum Gasteiger partial charge on any atom is -0.326 e. The van der Waals surface area contributed by atoms with Gasteiger partial charge in [-0.05, 0) is 68.7 Å². The number of thiophene rings is 1. The molecule has 0 spiro atoms. The van der Waals surface area contributed by atoms with Gasteiger partial charge >= 0.3 is 0 Å². The third-order valence-corrected chi connectivity index (χ3v) is 7.83. The van der Waals surface area contributed by atoms with Crippen molar-refractivity contribution < 1.29 is 13.2 Å². The number of sulfonamides is 1. The van der Waals surface area contributed by atoms with E-state index in [4.69, 9.17) is 0 Å². The van der Waals surface area contributed by atoms with E-state index in [9.17, 15) is 13.2 Å². The number of carbonyl (C=O) groups excluding carboxylic acids is 1. The minimum absolute atomic E-state index is 0.0176. The van der Waals surface area contributed by atoms with Crippen LogP contribution in [0.25, 0.3) is 10.4 Å². The van der Waals surface area contributed by atoms with Gasteiger partial charge in [0.1, 0.15) is 0 Å². The first-order valence-corrected chi connectivity index (χ1v) is 11.7. The van der Waals surface area contributed by atoms with Crippen molar-refractivity contribution in [1.82, 2.24) is 4.72 Å². The molecule has 7 heteroatoms. The summed E-state index contributed by atoms with van der Waals surface area (Å²) in [4.78, 5) is 13.7. The SMILES string of the molecule is CC(C)S(=O)(=O)NC1CCC(C(=O)Nc2ccc(-c3cccs3)cc2)CC1. The van der Waals surface area contributed by atoms with Gasteiger partial charge < -0.3 is 5.32 Å². The summed E-state index contributed by atoms with van der Waals surface area (Å²) in [7, 11) is -3.26. The Hall–Kier alpha value is -1.70. The van der Waals surface area contributed by atoms with Gasteiger partial charge in [0.15, 0.2) is 0 Å². The standard InChI is InChI=1S/C20H26N2O3S2/c1-14(2)27(24,25)22-18-11-7-16(8-12-18)20(23)21-17-9-5-15(6-10-17)19-4-3-13-26-19/h3-6,9-10,13-14,16,18,22H,7-8,11-12H2,1-2H3,(H,21,23). The van der Waals surface area contributed by atoms with Crippen molar-refractivity contribution in [2.24, 2.45) is 5.92 Å². The van der Waals surface area contributed by atoms with Gasteiger partial charge in [-0.25, -0.2) is 13.1 Å². The molecule has 1 aromatic heterocycles. The number of carbonyl (C=O) groups is 1. The molecule has 1 aliphatic carbocycles. The second kappa shape index (κ2) is 8.54. The Morgan fingerprint density at radius 1 is 1.07 bits per heavy atom. The molecular weight excluding hydrogens is 380 g/mol. The first-order valence-electron chi connectivity index (χ1n) is 9.31. The lowest BCUT2D eigenvalue weighted by molar-refractivity contribution is -0.120. The van der Waals surface area contributed by atoms with Crippen LogP contribution in [0.4, 0.5) is 5.69 Å². The zero-order valence-electron chi connectivity index (χ0n) is 15.6. The molecule has 1 fully saturated rings. The number of hydrogen-bond acceptors (Lipinski definition) is 4. The van der Waals surface area contributed by atoms with Gasteiger partial charge in [-0.2, -0.15) is 0 Å². The minimum atomic E-state index is -3.26. The molecule has 0 unspecified atom stereocenters. The van der Waals surface area contributed by atoms with E-state index in [1.54, 1.807) is 25.2 Å². The van der Waals surface area contributed by atoms with Crippen LogP contribution in [0.2, 0.25) is 0 Å². The third-order valence-electron chi connectivity index (χ3n) is 5.01. The van der Waals surface area contributed by atoms with E-state index in [0.29, 0.717) is 25.7 Å². The van der Waals surface area contributed by atoms with E-state index in [-0.39, 0.29) is 17.9 Å². The molecule has 0 saturated heterocycles. The topological polar surface area (TPSA) is 75.3 Å². The Bertz CT molecular complexity index is 851. The van der Waals surface area contributed by atoms with Crippen molar-refractivity contribution in [3.05, 3.63) is 41.8 Å². The fourth-order valence-electron chi connectivity index (χ4n) is 3.25. The van der Waals surface area contributed by atoms with Crippen molar-refractivity contribution in [1.29, 1.82) is 0 Å². The maximum Gasteiger partial charge on any atom is 0.227 e. The van der Waals surface area contributed by atoms with Crippen molar-refractivity contribution in [2.45, 2.75) is 50.8 Å². The smallest absolute Gasteiger partial charge is 0.227 e. The molecule has 3 rings (SSSR count). The van der Waals surface area contributed by atoms with Gasteiger partial charge in [-0.1, -0.05) is 18.2 Å². The van der Waals surface area contributed by atoms with E-state index in [1.807, 2.05) is 35.7 Å². The summed E-state index contributed by atoms with van der Waals surface area (Å²) in [6, 6.07) is 11.9. The predicted molar refractivity (Wildman–Crippen MR) is 111 cm³/mol. The second-order valence-electron chi connectivity index (χ2n) is 7.30. The number of amides is 1. The van der Waals surface area contributed by atoms with Crippen LogP contribution in [0.5, 0.6) is 0 Å². The highest BCUT2D eigenvalue weighted by atomic mass is 32.2. The molecule has 1 saturated carbocycles. The van der Waals surface area contributed by atoms with Crippen LogP contribution in [0.15, 0.2) is 41.8 Å². The van der Waals surface area contributed by atoms with Gasteiger partial charge in [0.25, 0.3) is 0 Å². The average Bonchev–Trinajstić information content (AvgIpc) is 3.17. The van der Waals surface area contributed by atoms with E-state index < -0.39 is 15.3 Å². The molecule has 0 radical (unpaired) electrons. The maximum absolute atomic E-state index is 12.5. The number of anilines is 1. The molecule has 1 aliphatic rings. The number of rotatable bonds is 6. The Balaban J connectivity index is 1.51. The summed E-state index contributed by atoms with van der Waals surface area (Å²) in [5, 5.41) is 4.60. The Kier molecular flexibility index (Phi) is 6.34. The van der Waals surface area contributed by atoms with Crippen LogP contribution in [-0.4, -0.2) is 25.6 Å². The van der Waals surface area contributed by atoms with Gasteiger partial charge in [-0.3, -0.25) is 4.79 Å². The normalized spacial score (nSPS) is 20.6. The molecule has 2 N–H and O–H groups in total. The van der Waals surface area contributed by atoms with E-state index in [0.717, 1.165) is 11.3 Å². The van der Waals surface area contributed by atoms with E-state index in [2.05, 4.69) is 16.1 Å². The van der Waals surface area contributed by atoms with Gasteiger partial charge in [0.05, 0.1) is 5.25 Å². The third kappa shape index (κ3) is 5.18. The summed E-state index contributed by atoms with van der Waals surface area (Å²) in [6.07, 6.45) is 2.79. The quantitative estimate of drug-likeness (QED) is 0.753. The van der Waals surface area contributed by atoms with Crippen LogP contribution >= 0.6 is 11.3 Å². The lowest BCUT2D eigenvalue weighted by Crippen LogP contribution is -2.42. The van der Waals surface area contributed by atoms with Crippen LogP contribution in [-0.2, 0) is 14.8 Å². The monoisotopic (exact) mass is 406 g/mol. The number of hydrogen-bond donors (Lipinski definition) is 2. The highest BCUT2D eigenvalue weighted by Crippen LogP contribution is 2.28. The zero-order chi connectivity index (χ0) is 19.4. The molecule has 1 heterocycles. The van der Waals surface area contributed by atoms with Gasteiger partial charge in [-0.15, -0.1) is 11.3 Å². The molecule has 27 heavy (non-hydrogen) atoms. The van der Waals surface area contributed by atoms with Crippen molar-refractivity contribution in [3.8, 4) is 10.4 Å². The van der Waals surface area contributed by atoms with Crippen LogP contribution in [0.1, 0.15) is 39.5 Å². The average molecular weight is 407 g/mol. The second-order valence-corrected chi connectivity index (χ2v) is 10.5. The highest BCUT2D eigenvalue weighted by Gasteiger charge is 2.29.